The fourth-order valence-corrected chi connectivity index (χ4v) is 2.36. The van der Waals surface area contributed by atoms with Crippen molar-refractivity contribution in [2.45, 2.75) is 25.9 Å². The summed E-state index contributed by atoms with van der Waals surface area (Å²) in [6.07, 6.45) is 0.839. The predicted octanol–water partition coefficient (Wildman–Crippen LogP) is 3.86. The molecule has 0 heterocycles. The number of ether oxygens (including phenoxy) is 2. The van der Waals surface area contributed by atoms with Gasteiger partial charge in [-0.25, -0.2) is 0 Å². The molecule has 1 N–H and O–H groups in total. The Balaban J connectivity index is 1.81. The number of amides is 1. The van der Waals surface area contributed by atoms with Gasteiger partial charge in [0.1, 0.15) is 11.5 Å². The molecule has 0 fully saturated rings. The lowest BCUT2D eigenvalue weighted by molar-refractivity contribution is -0.128. The standard InChI is InChI=1S/C19H22ClNO3/c1-3-18(24-17-10-6-15(20)7-11-17)19(22)21-13-12-14-4-8-16(23-2)9-5-14/h4-11,18H,3,12-13H2,1-2H3,(H,21,22)/t18-/m1/s1. The van der Waals surface area contributed by atoms with Gasteiger partial charge in [0, 0.05) is 11.6 Å². The topological polar surface area (TPSA) is 47.6 Å². The Hall–Kier alpha value is -2.20. The highest BCUT2D eigenvalue weighted by molar-refractivity contribution is 6.30. The third-order valence-electron chi connectivity index (χ3n) is 3.63. The van der Waals surface area contributed by atoms with E-state index in [9.17, 15) is 4.79 Å². The van der Waals surface area contributed by atoms with Gasteiger partial charge in [-0.2, -0.15) is 0 Å². The van der Waals surface area contributed by atoms with Crippen molar-refractivity contribution in [2.75, 3.05) is 13.7 Å². The lowest BCUT2D eigenvalue weighted by Crippen LogP contribution is -2.38. The van der Waals surface area contributed by atoms with Gasteiger partial charge in [0.05, 0.1) is 7.11 Å². The first kappa shape index (κ1) is 18.1. The number of nitrogens with one attached hydrogen (secondary N) is 1. The Bertz CT molecular complexity index is 641. The molecular formula is C19H22ClNO3. The first-order chi connectivity index (χ1) is 11.6. The molecule has 0 unspecified atom stereocenters. The normalized spacial score (nSPS) is 11.6. The summed E-state index contributed by atoms with van der Waals surface area (Å²) >= 11 is 5.85. The largest absolute Gasteiger partial charge is 0.497 e. The van der Waals surface area contributed by atoms with Crippen molar-refractivity contribution in [1.82, 2.24) is 5.32 Å². The number of hydrogen-bond donors (Lipinski definition) is 1. The average Bonchev–Trinajstić information content (AvgIpc) is 2.61. The highest BCUT2D eigenvalue weighted by Gasteiger charge is 2.17. The van der Waals surface area contributed by atoms with Gasteiger partial charge in [0.25, 0.3) is 5.91 Å². The Morgan fingerprint density at radius 1 is 1.08 bits per heavy atom. The summed E-state index contributed by atoms with van der Waals surface area (Å²) in [7, 11) is 1.64. The third-order valence-corrected chi connectivity index (χ3v) is 3.88. The number of halogens is 1. The summed E-state index contributed by atoms with van der Waals surface area (Å²) in [6.45, 7) is 2.48. The molecule has 24 heavy (non-hydrogen) atoms. The summed E-state index contributed by atoms with van der Waals surface area (Å²) in [6, 6.07) is 14.8. The van der Waals surface area contributed by atoms with Crippen molar-refractivity contribution in [1.29, 1.82) is 0 Å². The van der Waals surface area contributed by atoms with Crippen LogP contribution >= 0.6 is 11.6 Å². The zero-order chi connectivity index (χ0) is 17.4. The number of carbonyl (C=O) groups excluding carboxylic acids is 1. The van der Waals surface area contributed by atoms with Gasteiger partial charge in [-0.3, -0.25) is 4.79 Å². The first-order valence-corrected chi connectivity index (χ1v) is 8.33. The fraction of sp³-hybridized carbons (Fsp3) is 0.316. The zero-order valence-electron chi connectivity index (χ0n) is 13.9. The molecule has 0 spiro atoms. The summed E-state index contributed by atoms with van der Waals surface area (Å²) in [5, 5.41) is 3.56. The number of benzene rings is 2. The van der Waals surface area contributed by atoms with E-state index in [0.717, 1.165) is 17.7 Å². The number of carbonyl (C=O) groups is 1. The highest BCUT2D eigenvalue weighted by Crippen LogP contribution is 2.17. The molecule has 4 nitrogen and oxygen atoms in total. The molecule has 0 bridgehead atoms. The van der Waals surface area contributed by atoms with Crippen LogP contribution in [0.25, 0.3) is 0 Å². The summed E-state index contributed by atoms with van der Waals surface area (Å²) in [5.41, 5.74) is 1.14. The Morgan fingerprint density at radius 3 is 2.29 bits per heavy atom. The van der Waals surface area contributed by atoms with E-state index < -0.39 is 6.10 Å². The van der Waals surface area contributed by atoms with Crippen LogP contribution in [-0.2, 0) is 11.2 Å². The van der Waals surface area contributed by atoms with Crippen LogP contribution in [0.2, 0.25) is 5.02 Å². The average molecular weight is 348 g/mol. The van der Waals surface area contributed by atoms with E-state index in [2.05, 4.69) is 5.32 Å². The lowest BCUT2D eigenvalue weighted by atomic mass is 10.1. The fourth-order valence-electron chi connectivity index (χ4n) is 2.24. The smallest absolute Gasteiger partial charge is 0.261 e. The maximum absolute atomic E-state index is 12.3. The second-order valence-electron chi connectivity index (χ2n) is 5.36. The second kappa shape index (κ2) is 9.18. The van der Waals surface area contributed by atoms with Crippen molar-refractivity contribution in [3.63, 3.8) is 0 Å². The SMILES string of the molecule is CC[C@@H](Oc1ccc(Cl)cc1)C(=O)NCCc1ccc(OC)cc1. The van der Waals surface area contributed by atoms with Gasteiger partial charge in [0.15, 0.2) is 6.10 Å². The van der Waals surface area contributed by atoms with Gasteiger partial charge in [0.2, 0.25) is 0 Å². The molecule has 0 aliphatic heterocycles. The highest BCUT2D eigenvalue weighted by atomic mass is 35.5. The molecule has 2 aromatic rings. The maximum Gasteiger partial charge on any atom is 0.261 e. The van der Waals surface area contributed by atoms with Crippen LogP contribution < -0.4 is 14.8 Å². The van der Waals surface area contributed by atoms with Crippen molar-refractivity contribution in [2.24, 2.45) is 0 Å². The molecule has 0 radical (unpaired) electrons. The molecular weight excluding hydrogens is 326 g/mol. The summed E-state index contributed by atoms with van der Waals surface area (Å²) in [4.78, 5) is 12.3. The minimum Gasteiger partial charge on any atom is -0.497 e. The molecule has 128 valence electrons. The van der Waals surface area contributed by atoms with Gasteiger partial charge < -0.3 is 14.8 Å². The third kappa shape index (κ3) is 5.46. The van der Waals surface area contributed by atoms with E-state index >= 15 is 0 Å². The zero-order valence-corrected chi connectivity index (χ0v) is 14.7. The van der Waals surface area contributed by atoms with E-state index in [1.165, 1.54) is 0 Å². The Labute approximate surface area is 147 Å². The van der Waals surface area contributed by atoms with Gasteiger partial charge >= 0.3 is 0 Å². The summed E-state index contributed by atoms with van der Waals surface area (Å²) < 4.78 is 10.9. The lowest BCUT2D eigenvalue weighted by Gasteiger charge is -2.17. The number of rotatable bonds is 8. The molecule has 1 atom stereocenters. The van der Waals surface area contributed by atoms with E-state index in [4.69, 9.17) is 21.1 Å². The molecule has 0 aromatic heterocycles. The number of hydrogen-bond acceptors (Lipinski definition) is 3. The molecule has 2 rings (SSSR count). The van der Waals surface area contributed by atoms with Crippen LogP contribution in [0.3, 0.4) is 0 Å². The minimum atomic E-state index is -0.512. The first-order valence-electron chi connectivity index (χ1n) is 7.95. The van der Waals surface area contributed by atoms with Crippen LogP contribution in [0, 0.1) is 0 Å². The predicted molar refractivity (Wildman–Crippen MR) is 95.9 cm³/mol. The molecule has 1 amide bonds. The Kier molecular flexibility index (Phi) is 6.94. The van der Waals surface area contributed by atoms with Gasteiger partial charge in [-0.05, 0) is 54.8 Å². The van der Waals surface area contributed by atoms with Gasteiger partial charge in [-0.15, -0.1) is 0 Å². The van der Waals surface area contributed by atoms with Crippen molar-refractivity contribution < 1.29 is 14.3 Å². The van der Waals surface area contributed by atoms with E-state index in [1.807, 2.05) is 31.2 Å². The minimum absolute atomic E-state index is 0.110. The van der Waals surface area contributed by atoms with Gasteiger partial charge in [-0.1, -0.05) is 30.7 Å². The van der Waals surface area contributed by atoms with Crippen molar-refractivity contribution in [3.05, 3.63) is 59.1 Å². The quantitative estimate of drug-likeness (QED) is 0.788. The molecule has 0 aliphatic rings. The van der Waals surface area contributed by atoms with Crippen molar-refractivity contribution >= 4 is 17.5 Å². The van der Waals surface area contributed by atoms with E-state index in [0.29, 0.717) is 23.7 Å². The van der Waals surface area contributed by atoms with E-state index in [1.54, 1.807) is 31.4 Å². The molecule has 0 aliphatic carbocycles. The van der Waals surface area contributed by atoms with Crippen LogP contribution in [0.1, 0.15) is 18.9 Å². The molecule has 0 saturated heterocycles. The molecule has 0 saturated carbocycles. The molecule has 5 heteroatoms. The Morgan fingerprint density at radius 2 is 1.71 bits per heavy atom. The van der Waals surface area contributed by atoms with Crippen molar-refractivity contribution in [3.8, 4) is 11.5 Å². The molecule has 2 aromatic carbocycles. The van der Waals surface area contributed by atoms with E-state index in [-0.39, 0.29) is 5.91 Å². The number of methoxy groups -OCH3 is 1. The van der Waals surface area contributed by atoms with Crippen LogP contribution in [0.15, 0.2) is 48.5 Å². The maximum atomic E-state index is 12.3. The van der Waals surface area contributed by atoms with Crippen LogP contribution in [0.4, 0.5) is 0 Å². The van der Waals surface area contributed by atoms with Crippen LogP contribution in [-0.4, -0.2) is 25.7 Å². The second-order valence-corrected chi connectivity index (χ2v) is 5.79. The van der Waals surface area contributed by atoms with Crippen LogP contribution in [0.5, 0.6) is 11.5 Å². The summed E-state index contributed by atoms with van der Waals surface area (Å²) in [5.74, 6) is 1.35. The monoisotopic (exact) mass is 347 g/mol.